The van der Waals surface area contributed by atoms with Crippen molar-refractivity contribution in [2.75, 3.05) is 11.9 Å². The number of anilines is 1. The molecule has 2 aromatic carbocycles. The van der Waals surface area contributed by atoms with Crippen LogP contribution < -0.4 is 11.1 Å². The highest BCUT2D eigenvalue weighted by atomic mass is 19.1. The van der Waals surface area contributed by atoms with Crippen LogP contribution in [0.5, 0.6) is 0 Å². The molecule has 8 heteroatoms. The topological polar surface area (TPSA) is 90.5 Å². The number of esters is 1. The SMILES string of the molecule is Cc1ccc(NC(=O)COC(=O)CCn2c(=O)oc3ccccc32)cc1F. The first-order valence-corrected chi connectivity index (χ1v) is 8.24. The molecule has 0 unspecified atom stereocenters. The molecule has 0 fully saturated rings. The van der Waals surface area contributed by atoms with Crippen molar-refractivity contribution in [1.82, 2.24) is 4.57 Å². The summed E-state index contributed by atoms with van der Waals surface area (Å²) in [6, 6.07) is 11.1. The number of fused-ring (bicyclic) bond motifs is 1. The molecule has 140 valence electrons. The van der Waals surface area contributed by atoms with Gasteiger partial charge in [-0.05, 0) is 36.8 Å². The van der Waals surface area contributed by atoms with Gasteiger partial charge in [-0.25, -0.2) is 9.18 Å². The summed E-state index contributed by atoms with van der Waals surface area (Å²) in [5.41, 5.74) is 1.74. The van der Waals surface area contributed by atoms with E-state index in [0.717, 1.165) is 0 Å². The van der Waals surface area contributed by atoms with E-state index in [0.29, 0.717) is 16.7 Å². The van der Waals surface area contributed by atoms with Crippen LogP contribution in [0.25, 0.3) is 11.1 Å². The van der Waals surface area contributed by atoms with E-state index in [4.69, 9.17) is 9.15 Å². The Hall–Kier alpha value is -3.42. The number of aryl methyl sites for hydroxylation is 2. The predicted molar refractivity (Wildman–Crippen MR) is 95.8 cm³/mol. The van der Waals surface area contributed by atoms with Crippen molar-refractivity contribution in [2.45, 2.75) is 19.9 Å². The molecule has 0 saturated heterocycles. The summed E-state index contributed by atoms with van der Waals surface area (Å²) in [6.45, 7) is 1.17. The first kappa shape index (κ1) is 18.4. The van der Waals surface area contributed by atoms with Gasteiger partial charge in [-0.3, -0.25) is 14.2 Å². The van der Waals surface area contributed by atoms with Crippen molar-refractivity contribution in [3.8, 4) is 0 Å². The number of carbonyl (C=O) groups is 2. The fraction of sp³-hybridized carbons (Fsp3) is 0.211. The Balaban J connectivity index is 1.50. The molecule has 27 heavy (non-hydrogen) atoms. The van der Waals surface area contributed by atoms with E-state index in [2.05, 4.69) is 5.32 Å². The molecule has 7 nitrogen and oxygen atoms in total. The molecule has 0 saturated carbocycles. The summed E-state index contributed by atoms with van der Waals surface area (Å²) in [5, 5.41) is 2.44. The maximum Gasteiger partial charge on any atom is 0.419 e. The number of para-hydroxylation sites is 2. The van der Waals surface area contributed by atoms with Gasteiger partial charge >= 0.3 is 11.7 Å². The van der Waals surface area contributed by atoms with Crippen LogP contribution >= 0.6 is 0 Å². The zero-order valence-electron chi connectivity index (χ0n) is 14.5. The standard InChI is InChI=1S/C19H17FN2O5/c1-12-6-7-13(10-14(12)20)21-17(23)11-26-18(24)8-9-22-15-4-2-3-5-16(15)27-19(22)25/h2-7,10H,8-9,11H2,1H3,(H,21,23). The van der Waals surface area contributed by atoms with Gasteiger partial charge in [-0.1, -0.05) is 18.2 Å². The lowest BCUT2D eigenvalue weighted by Crippen LogP contribution is -2.22. The van der Waals surface area contributed by atoms with E-state index in [1.165, 1.54) is 16.7 Å². The third-order valence-electron chi connectivity index (χ3n) is 3.93. The number of aromatic nitrogens is 1. The number of amides is 1. The summed E-state index contributed by atoms with van der Waals surface area (Å²) < 4.78 is 24.7. The summed E-state index contributed by atoms with van der Waals surface area (Å²) in [6.07, 6.45) is -0.101. The molecular formula is C19H17FN2O5. The van der Waals surface area contributed by atoms with Gasteiger partial charge in [0, 0.05) is 12.2 Å². The Labute approximate surface area is 153 Å². The van der Waals surface area contributed by atoms with Crippen LogP contribution in [0.2, 0.25) is 0 Å². The highest BCUT2D eigenvalue weighted by molar-refractivity contribution is 5.92. The van der Waals surface area contributed by atoms with E-state index in [1.54, 1.807) is 37.3 Å². The minimum Gasteiger partial charge on any atom is -0.456 e. The molecule has 0 spiro atoms. The molecule has 1 aromatic heterocycles. The predicted octanol–water partition coefficient (Wildman–Crippen LogP) is 2.61. The number of benzene rings is 2. The van der Waals surface area contributed by atoms with E-state index in [-0.39, 0.29) is 18.7 Å². The second kappa shape index (κ2) is 7.86. The minimum atomic E-state index is -0.641. The van der Waals surface area contributed by atoms with Gasteiger partial charge < -0.3 is 14.5 Å². The second-order valence-electron chi connectivity index (χ2n) is 5.91. The molecule has 3 rings (SSSR count). The number of carbonyl (C=O) groups excluding carboxylic acids is 2. The zero-order chi connectivity index (χ0) is 19.4. The van der Waals surface area contributed by atoms with Crippen molar-refractivity contribution >= 4 is 28.7 Å². The van der Waals surface area contributed by atoms with Gasteiger partial charge in [-0.15, -0.1) is 0 Å². The zero-order valence-corrected chi connectivity index (χ0v) is 14.5. The van der Waals surface area contributed by atoms with Crippen LogP contribution in [0.3, 0.4) is 0 Å². The molecule has 0 aliphatic carbocycles. The van der Waals surface area contributed by atoms with Gasteiger partial charge in [-0.2, -0.15) is 0 Å². The normalized spacial score (nSPS) is 10.7. The Morgan fingerprint density at radius 2 is 2.00 bits per heavy atom. The van der Waals surface area contributed by atoms with E-state index in [9.17, 15) is 18.8 Å². The quantitative estimate of drug-likeness (QED) is 0.672. The largest absolute Gasteiger partial charge is 0.456 e. The van der Waals surface area contributed by atoms with Gasteiger partial charge in [0.2, 0.25) is 0 Å². The second-order valence-corrected chi connectivity index (χ2v) is 5.91. The van der Waals surface area contributed by atoms with Crippen LogP contribution in [-0.4, -0.2) is 23.1 Å². The first-order valence-electron chi connectivity index (χ1n) is 8.24. The monoisotopic (exact) mass is 372 g/mol. The fourth-order valence-corrected chi connectivity index (χ4v) is 2.51. The Bertz CT molecular complexity index is 1050. The Kier molecular flexibility index (Phi) is 5.35. The highest BCUT2D eigenvalue weighted by Crippen LogP contribution is 2.14. The van der Waals surface area contributed by atoms with Gasteiger partial charge in [0.25, 0.3) is 5.91 Å². The van der Waals surface area contributed by atoms with E-state index >= 15 is 0 Å². The number of nitrogens with zero attached hydrogens (tertiary/aromatic N) is 1. The van der Waals surface area contributed by atoms with Crippen molar-refractivity contribution < 1.29 is 23.1 Å². The lowest BCUT2D eigenvalue weighted by Gasteiger charge is -2.07. The van der Waals surface area contributed by atoms with Crippen molar-refractivity contribution in [3.05, 3.63) is 64.4 Å². The average molecular weight is 372 g/mol. The number of rotatable bonds is 6. The summed E-state index contributed by atoms with van der Waals surface area (Å²) in [7, 11) is 0. The number of hydrogen-bond acceptors (Lipinski definition) is 5. The van der Waals surface area contributed by atoms with Gasteiger partial charge in [0.05, 0.1) is 11.9 Å². The molecule has 0 aliphatic heterocycles. The molecule has 1 N–H and O–H groups in total. The number of halogens is 1. The third kappa shape index (κ3) is 4.41. The molecule has 0 bridgehead atoms. The highest BCUT2D eigenvalue weighted by Gasteiger charge is 2.12. The molecule has 0 atom stereocenters. The minimum absolute atomic E-state index is 0.0689. The maximum atomic E-state index is 13.5. The summed E-state index contributed by atoms with van der Waals surface area (Å²) in [5.74, 6) is -2.24. The Morgan fingerprint density at radius 1 is 1.22 bits per heavy atom. The third-order valence-corrected chi connectivity index (χ3v) is 3.93. The number of ether oxygens (including phenoxy) is 1. The summed E-state index contributed by atoms with van der Waals surface area (Å²) >= 11 is 0. The maximum absolute atomic E-state index is 13.5. The number of oxazole rings is 1. The summed E-state index contributed by atoms with van der Waals surface area (Å²) in [4.78, 5) is 35.4. The number of hydrogen-bond donors (Lipinski definition) is 1. The smallest absolute Gasteiger partial charge is 0.419 e. The van der Waals surface area contributed by atoms with E-state index < -0.39 is 30.1 Å². The lowest BCUT2D eigenvalue weighted by molar-refractivity contribution is -0.147. The number of nitrogens with one attached hydrogen (secondary N) is 1. The molecule has 1 heterocycles. The van der Waals surface area contributed by atoms with Crippen LogP contribution in [0.1, 0.15) is 12.0 Å². The van der Waals surface area contributed by atoms with E-state index in [1.807, 2.05) is 0 Å². The average Bonchev–Trinajstić information content (AvgIpc) is 2.96. The molecular weight excluding hydrogens is 355 g/mol. The van der Waals surface area contributed by atoms with Crippen molar-refractivity contribution in [1.29, 1.82) is 0 Å². The molecule has 1 amide bonds. The van der Waals surface area contributed by atoms with Gasteiger partial charge in [0.15, 0.2) is 12.2 Å². The van der Waals surface area contributed by atoms with Crippen molar-refractivity contribution in [3.63, 3.8) is 0 Å². The van der Waals surface area contributed by atoms with Crippen LogP contribution in [0.4, 0.5) is 10.1 Å². The Morgan fingerprint density at radius 3 is 2.78 bits per heavy atom. The van der Waals surface area contributed by atoms with Gasteiger partial charge in [0.1, 0.15) is 5.82 Å². The fourth-order valence-electron chi connectivity index (χ4n) is 2.51. The van der Waals surface area contributed by atoms with Crippen LogP contribution in [0, 0.1) is 12.7 Å². The molecule has 0 aliphatic rings. The molecule has 3 aromatic rings. The van der Waals surface area contributed by atoms with Crippen LogP contribution in [-0.2, 0) is 20.9 Å². The van der Waals surface area contributed by atoms with Crippen LogP contribution in [0.15, 0.2) is 51.7 Å². The molecule has 0 radical (unpaired) electrons. The van der Waals surface area contributed by atoms with Crippen molar-refractivity contribution in [2.24, 2.45) is 0 Å². The first-order chi connectivity index (χ1) is 12.9. The lowest BCUT2D eigenvalue weighted by atomic mass is 10.2.